The first kappa shape index (κ1) is 24.1. The second kappa shape index (κ2) is 11.3. The number of alkyl halides is 3. The number of aromatic nitrogens is 1. The predicted molar refractivity (Wildman–Crippen MR) is 111 cm³/mol. The lowest BCUT2D eigenvalue weighted by Crippen LogP contribution is -2.14. The summed E-state index contributed by atoms with van der Waals surface area (Å²) >= 11 is 1.08. The zero-order valence-corrected chi connectivity index (χ0v) is 17.7. The van der Waals surface area contributed by atoms with E-state index in [2.05, 4.69) is 11.9 Å². The monoisotopic (exact) mass is 444 g/mol. The Morgan fingerprint density at radius 2 is 1.93 bits per heavy atom. The third-order valence-corrected chi connectivity index (χ3v) is 5.74. The Balaban J connectivity index is 2.09. The van der Waals surface area contributed by atoms with Crippen LogP contribution in [0.25, 0.3) is 10.4 Å². The van der Waals surface area contributed by atoms with Crippen molar-refractivity contribution >= 4 is 17.3 Å². The molecule has 0 aliphatic carbocycles. The molecule has 1 aromatic heterocycles. The fourth-order valence-corrected chi connectivity index (χ4v) is 3.88. The number of aliphatic carboxylic acids is 1. The van der Waals surface area contributed by atoms with Crippen molar-refractivity contribution in [1.29, 1.82) is 0 Å². The number of unbranched alkanes of at least 4 members (excludes halogenated alkanes) is 5. The molecule has 5 nitrogen and oxygen atoms in total. The van der Waals surface area contributed by atoms with Gasteiger partial charge in [-0.3, -0.25) is 4.79 Å². The van der Waals surface area contributed by atoms with Gasteiger partial charge < -0.3 is 15.6 Å². The molecule has 0 amide bonds. The Bertz CT molecular complexity index is 824. The Labute approximate surface area is 178 Å². The Morgan fingerprint density at radius 3 is 2.60 bits per heavy atom. The van der Waals surface area contributed by atoms with Crippen molar-refractivity contribution in [2.75, 3.05) is 6.61 Å². The fourth-order valence-electron chi connectivity index (χ4n) is 2.96. The van der Waals surface area contributed by atoms with E-state index in [1.807, 2.05) is 0 Å². The van der Waals surface area contributed by atoms with E-state index in [0.29, 0.717) is 21.9 Å². The maximum absolute atomic E-state index is 13.6. The van der Waals surface area contributed by atoms with E-state index < -0.39 is 23.8 Å². The van der Waals surface area contributed by atoms with Crippen LogP contribution in [0, 0.1) is 0 Å². The number of rotatable bonds is 12. The highest BCUT2D eigenvalue weighted by atomic mass is 32.1. The van der Waals surface area contributed by atoms with Crippen LogP contribution in [0.2, 0.25) is 0 Å². The minimum Gasteiger partial charge on any atom is -0.493 e. The van der Waals surface area contributed by atoms with Gasteiger partial charge in [-0.2, -0.15) is 13.2 Å². The molecular weight excluding hydrogens is 417 g/mol. The van der Waals surface area contributed by atoms with Gasteiger partial charge in [-0.25, -0.2) is 4.98 Å². The largest absolute Gasteiger partial charge is 0.493 e. The van der Waals surface area contributed by atoms with Gasteiger partial charge in [0, 0.05) is 6.20 Å². The smallest absolute Gasteiger partial charge is 0.419 e. The van der Waals surface area contributed by atoms with Gasteiger partial charge in [0.25, 0.3) is 0 Å². The molecule has 1 aromatic carbocycles. The van der Waals surface area contributed by atoms with Crippen LogP contribution in [-0.4, -0.2) is 22.7 Å². The number of benzene rings is 1. The topological polar surface area (TPSA) is 85.4 Å². The Morgan fingerprint density at radius 1 is 1.23 bits per heavy atom. The molecule has 1 heterocycles. The normalized spacial score (nSPS) is 12.7. The molecule has 0 saturated carbocycles. The van der Waals surface area contributed by atoms with E-state index in [1.165, 1.54) is 18.7 Å². The van der Waals surface area contributed by atoms with Gasteiger partial charge >= 0.3 is 12.1 Å². The number of hydrogen-bond acceptors (Lipinski definition) is 5. The van der Waals surface area contributed by atoms with E-state index in [4.69, 9.17) is 15.6 Å². The summed E-state index contributed by atoms with van der Waals surface area (Å²) in [5.41, 5.74) is 5.28. The van der Waals surface area contributed by atoms with Crippen LogP contribution >= 0.6 is 11.3 Å². The van der Waals surface area contributed by atoms with Gasteiger partial charge in [0.2, 0.25) is 0 Å². The average Bonchev–Trinajstić information content (AvgIpc) is 3.16. The highest BCUT2D eigenvalue weighted by molar-refractivity contribution is 7.15. The maximum atomic E-state index is 13.6. The number of ether oxygens (including phenoxy) is 1. The molecule has 0 aliphatic rings. The summed E-state index contributed by atoms with van der Waals surface area (Å²) in [6.45, 7) is 2.37. The lowest BCUT2D eigenvalue weighted by atomic mass is 10.1. The van der Waals surface area contributed by atoms with Crippen molar-refractivity contribution < 1.29 is 27.8 Å². The number of carboxylic acids is 1. The van der Waals surface area contributed by atoms with Crippen LogP contribution in [0.15, 0.2) is 24.4 Å². The van der Waals surface area contributed by atoms with Gasteiger partial charge in [0.1, 0.15) is 10.8 Å². The molecule has 0 spiro atoms. The van der Waals surface area contributed by atoms with E-state index in [-0.39, 0.29) is 18.8 Å². The van der Waals surface area contributed by atoms with E-state index >= 15 is 0 Å². The van der Waals surface area contributed by atoms with Crippen molar-refractivity contribution in [3.63, 3.8) is 0 Å². The molecule has 0 aliphatic heterocycles. The first-order valence-electron chi connectivity index (χ1n) is 10.00. The van der Waals surface area contributed by atoms with E-state index in [0.717, 1.165) is 43.1 Å². The van der Waals surface area contributed by atoms with Gasteiger partial charge in [-0.05, 0) is 30.2 Å². The minimum absolute atomic E-state index is 0.188. The van der Waals surface area contributed by atoms with Gasteiger partial charge in [-0.1, -0.05) is 39.0 Å². The second-order valence-electron chi connectivity index (χ2n) is 7.09. The zero-order chi connectivity index (χ0) is 22.1. The van der Waals surface area contributed by atoms with Crippen LogP contribution in [-0.2, 0) is 11.0 Å². The SMILES string of the molecule is CCCCCCCCOc1ccc(-c2cnc([C@@H](N)CC(=O)O)s2)cc1C(F)(F)F. The summed E-state index contributed by atoms with van der Waals surface area (Å²) in [5.74, 6) is -1.25. The quantitative estimate of drug-likeness (QED) is 0.390. The summed E-state index contributed by atoms with van der Waals surface area (Å²) in [6.07, 6.45) is 2.69. The molecule has 30 heavy (non-hydrogen) atoms. The van der Waals surface area contributed by atoms with E-state index in [1.54, 1.807) is 6.07 Å². The summed E-state index contributed by atoms with van der Waals surface area (Å²) in [4.78, 5) is 15.3. The third-order valence-electron chi connectivity index (χ3n) is 4.56. The molecular formula is C21H27F3N2O3S. The molecule has 0 saturated heterocycles. The summed E-state index contributed by atoms with van der Waals surface area (Å²) < 4.78 is 46.1. The molecule has 2 aromatic rings. The zero-order valence-electron chi connectivity index (χ0n) is 16.9. The lowest BCUT2D eigenvalue weighted by molar-refractivity contribution is -0.139. The number of carbonyl (C=O) groups is 1. The molecule has 1 atom stereocenters. The van der Waals surface area contributed by atoms with Crippen molar-refractivity contribution in [3.05, 3.63) is 35.0 Å². The molecule has 0 bridgehead atoms. The van der Waals surface area contributed by atoms with Crippen molar-refractivity contribution in [3.8, 4) is 16.2 Å². The maximum Gasteiger partial charge on any atom is 0.419 e. The molecule has 166 valence electrons. The summed E-state index contributed by atoms with van der Waals surface area (Å²) in [6, 6.07) is 3.11. The lowest BCUT2D eigenvalue weighted by Gasteiger charge is -2.15. The van der Waals surface area contributed by atoms with Crippen molar-refractivity contribution in [2.24, 2.45) is 5.73 Å². The number of carboxylic acid groups (broad SMARTS) is 1. The van der Waals surface area contributed by atoms with Gasteiger partial charge in [0.05, 0.1) is 29.5 Å². The predicted octanol–water partition coefficient (Wildman–Crippen LogP) is 6.04. The number of halogens is 3. The molecule has 2 rings (SSSR count). The van der Waals surface area contributed by atoms with E-state index in [9.17, 15) is 18.0 Å². The summed E-state index contributed by atoms with van der Waals surface area (Å²) in [5, 5.41) is 9.19. The summed E-state index contributed by atoms with van der Waals surface area (Å²) in [7, 11) is 0. The number of nitrogens with two attached hydrogens (primary N) is 1. The Hall–Kier alpha value is -2.13. The number of hydrogen-bond donors (Lipinski definition) is 2. The standard InChI is InChI=1S/C21H27F3N2O3S/c1-2-3-4-5-6-7-10-29-17-9-8-14(11-15(17)21(22,23)24)18-13-26-20(30-18)16(25)12-19(27)28/h8-9,11,13,16H,2-7,10,12,25H2,1H3,(H,27,28)/t16-/m0/s1. The number of nitrogens with zero attached hydrogens (tertiary/aromatic N) is 1. The van der Waals surface area contributed by atoms with Crippen molar-refractivity contribution in [2.45, 2.75) is 64.1 Å². The molecule has 3 N–H and O–H groups in total. The van der Waals surface area contributed by atoms with Crippen LogP contribution in [0.3, 0.4) is 0 Å². The first-order valence-corrected chi connectivity index (χ1v) is 10.8. The second-order valence-corrected chi connectivity index (χ2v) is 8.15. The Kier molecular flexibility index (Phi) is 9.10. The highest BCUT2D eigenvalue weighted by Crippen LogP contribution is 2.40. The number of thiazole rings is 1. The first-order chi connectivity index (χ1) is 14.2. The molecule has 0 radical (unpaired) electrons. The van der Waals surface area contributed by atoms with Crippen molar-refractivity contribution in [1.82, 2.24) is 4.98 Å². The molecule has 0 unspecified atom stereocenters. The van der Waals surface area contributed by atoms with Gasteiger partial charge in [0.15, 0.2) is 0 Å². The fraction of sp³-hybridized carbons (Fsp3) is 0.524. The van der Waals surface area contributed by atoms with Gasteiger partial charge in [-0.15, -0.1) is 11.3 Å². The molecule has 0 fully saturated rings. The minimum atomic E-state index is -4.56. The molecule has 9 heteroatoms. The van der Waals surface area contributed by atoms with Crippen LogP contribution < -0.4 is 10.5 Å². The van der Waals surface area contributed by atoms with Crippen LogP contribution in [0.5, 0.6) is 5.75 Å². The van der Waals surface area contributed by atoms with Crippen LogP contribution in [0.4, 0.5) is 13.2 Å². The average molecular weight is 445 g/mol. The highest BCUT2D eigenvalue weighted by Gasteiger charge is 2.35. The van der Waals surface area contributed by atoms with Crippen LogP contribution in [0.1, 0.15) is 68.5 Å². The third kappa shape index (κ3) is 7.28.